The number of halogens is 1. The molecule has 1 amide bonds. The van der Waals surface area contributed by atoms with Gasteiger partial charge in [0, 0.05) is 10.4 Å². The van der Waals surface area contributed by atoms with E-state index in [0.717, 1.165) is 27.6 Å². The summed E-state index contributed by atoms with van der Waals surface area (Å²) >= 11 is 5.86. The highest BCUT2D eigenvalue weighted by Crippen LogP contribution is 2.26. The van der Waals surface area contributed by atoms with E-state index in [2.05, 4.69) is 28.6 Å². The van der Waals surface area contributed by atoms with Gasteiger partial charge >= 0.3 is 0 Å². The number of rotatable bonds is 5. The Labute approximate surface area is 190 Å². The zero-order chi connectivity index (χ0) is 22.8. The summed E-state index contributed by atoms with van der Waals surface area (Å²) in [5.41, 5.74) is 4.30. The molecular weight excluding hydrogens is 426 g/mol. The molecule has 0 aliphatic rings. The van der Waals surface area contributed by atoms with Crippen molar-refractivity contribution in [3.8, 4) is 17.6 Å². The van der Waals surface area contributed by atoms with Crippen molar-refractivity contribution in [1.29, 1.82) is 5.26 Å². The Kier molecular flexibility index (Phi) is 5.80. The minimum absolute atomic E-state index is 0.227. The predicted molar refractivity (Wildman–Crippen MR) is 123 cm³/mol. The van der Waals surface area contributed by atoms with Crippen molar-refractivity contribution in [2.45, 2.75) is 20.8 Å². The number of benzene rings is 2. The van der Waals surface area contributed by atoms with Crippen LogP contribution in [0.2, 0.25) is 5.02 Å². The van der Waals surface area contributed by atoms with Gasteiger partial charge in [-0.1, -0.05) is 23.2 Å². The Morgan fingerprint density at radius 3 is 2.62 bits per heavy atom. The van der Waals surface area contributed by atoms with Crippen molar-refractivity contribution in [1.82, 2.24) is 14.8 Å². The monoisotopic (exact) mass is 445 g/mol. The third-order valence-electron chi connectivity index (χ3n) is 4.99. The zero-order valence-electron chi connectivity index (χ0n) is 17.8. The first-order chi connectivity index (χ1) is 15.4. The van der Waals surface area contributed by atoms with Crippen LogP contribution in [0, 0.1) is 32.1 Å². The molecule has 0 bridgehead atoms. The Balaban J connectivity index is 1.64. The fourth-order valence-electron chi connectivity index (χ4n) is 3.51. The maximum Gasteiger partial charge on any atom is 0.263 e. The molecule has 0 saturated carbocycles. The highest BCUT2D eigenvalue weighted by atomic mass is 35.5. The molecule has 4 aromatic rings. The summed E-state index contributed by atoms with van der Waals surface area (Å²) in [6.45, 7) is 5.82. The number of hydrogen-bond acceptors (Lipinski definition) is 5. The van der Waals surface area contributed by atoms with E-state index in [1.807, 2.05) is 26.8 Å². The van der Waals surface area contributed by atoms with E-state index in [9.17, 15) is 10.1 Å². The molecule has 0 radical (unpaired) electrons. The van der Waals surface area contributed by atoms with Crippen molar-refractivity contribution < 1.29 is 9.53 Å². The SMILES string of the molecule is Cc1cc(C)c2nc(-n3ncc(C#N)c3NC(=O)COc3ccc(Cl)cc3)cc(C)c2c1. The number of ether oxygens (including phenoxy) is 1. The molecule has 2 heterocycles. The van der Waals surface area contributed by atoms with Gasteiger partial charge < -0.3 is 10.1 Å². The normalized spacial score (nSPS) is 10.7. The highest BCUT2D eigenvalue weighted by Gasteiger charge is 2.18. The lowest BCUT2D eigenvalue weighted by molar-refractivity contribution is -0.118. The van der Waals surface area contributed by atoms with Crippen LogP contribution in [0.25, 0.3) is 16.7 Å². The zero-order valence-corrected chi connectivity index (χ0v) is 18.6. The maximum atomic E-state index is 12.5. The molecule has 0 aliphatic heterocycles. The molecule has 160 valence electrons. The molecule has 4 rings (SSSR count). The lowest BCUT2D eigenvalue weighted by atomic mass is 10.0. The van der Waals surface area contributed by atoms with Gasteiger partial charge in [0.1, 0.15) is 17.4 Å². The number of fused-ring (bicyclic) bond motifs is 1. The first-order valence-corrected chi connectivity index (χ1v) is 10.3. The van der Waals surface area contributed by atoms with Crippen LogP contribution in [0.3, 0.4) is 0 Å². The molecule has 0 spiro atoms. The van der Waals surface area contributed by atoms with Crippen LogP contribution in [0.5, 0.6) is 5.75 Å². The number of amides is 1. The fraction of sp³-hybridized carbons (Fsp3) is 0.167. The van der Waals surface area contributed by atoms with Crippen molar-refractivity contribution in [2.75, 3.05) is 11.9 Å². The number of carbonyl (C=O) groups excluding carboxylic acids is 1. The molecule has 32 heavy (non-hydrogen) atoms. The highest BCUT2D eigenvalue weighted by molar-refractivity contribution is 6.30. The lowest BCUT2D eigenvalue weighted by Gasteiger charge is -2.13. The van der Waals surface area contributed by atoms with Crippen molar-refractivity contribution in [3.05, 3.63) is 75.9 Å². The molecule has 1 N–H and O–H groups in total. The van der Waals surface area contributed by atoms with E-state index >= 15 is 0 Å². The average molecular weight is 446 g/mol. The van der Waals surface area contributed by atoms with Crippen LogP contribution in [0.4, 0.5) is 5.82 Å². The second-order valence-electron chi connectivity index (χ2n) is 7.50. The molecule has 0 aliphatic carbocycles. The minimum Gasteiger partial charge on any atom is -0.484 e. The van der Waals surface area contributed by atoms with Crippen LogP contribution >= 0.6 is 11.6 Å². The van der Waals surface area contributed by atoms with Gasteiger partial charge in [-0.2, -0.15) is 15.0 Å². The van der Waals surface area contributed by atoms with Gasteiger partial charge in [0.25, 0.3) is 5.91 Å². The quantitative estimate of drug-likeness (QED) is 0.472. The maximum absolute atomic E-state index is 12.5. The topological polar surface area (TPSA) is 92.8 Å². The van der Waals surface area contributed by atoms with Gasteiger partial charge in [0.2, 0.25) is 0 Å². The predicted octanol–water partition coefficient (Wildman–Crippen LogP) is 4.89. The van der Waals surface area contributed by atoms with Gasteiger partial charge in [0.15, 0.2) is 18.2 Å². The molecule has 7 nitrogen and oxygen atoms in total. The van der Waals surface area contributed by atoms with Crippen LogP contribution < -0.4 is 10.1 Å². The summed E-state index contributed by atoms with van der Waals surface area (Å²) < 4.78 is 6.96. The van der Waals surface area contributed by atoms with E-state index in [-0.39, 0.29) is 18.0 Å². The average Bonchev–Trinajstić information content (AvgIpc) is 3.16. The molecule has 0 saturated heterocycles. The van der Waals surface area contributed by atoms with E-state index in [1.165, 1.54) is 10.9 Å². The molecular formula is C24H20ClN5O2. The first kappa shape index (κ1) is 21.3. The van der Waals surface area contributed by atoms with Gasteiger partial charge in [0.05, 0.1) is 11.7 Å². The van der Waals surface area contributed by atoms with Gasteiger partial charge in [-0.25, -0.2) is 4.98 Å². The second-order valence-corrected chi connectivity index (χ2v) is 7.93. The van der Waals surface area contributed by atoms with Gasteiger partial charge in [-0.05, 0) is 68.3 Å². The smallest absolute Gasteiger partial charge is 0.263 e. The number of aromatic nitrogens is 3. The lowest BCUT2D eigenvalue weighted by Crippen LogP contribution is -2.22. The van der Waals surface area contributed by atoms with Crippen molar-refractivity contribution >= 4 is 34.2 Å². The Morgan fingerprint density at radius 1 is 1.16 bits per heavy atom. The summed E-state index contributed by atoms with van der Waals surface area (Å²) in [6, 6.07) is 14.8. The Hall–Kier alpha value is -3.89. The number of aryl methyl sites for hydroxylation is 3. The van der Waals surface area contributed by atoms with E-state index < -0.39 is 5.91 Å². The molecule has 0 fully saturated rings. The van der Waals surface area contributed by atoms with Gasteiger partial charge in [-0.15, -0.1) is 0 Å². The number of carbonyl (C=O) groups is 1. The summed E-state index contributed by atoms with van der Waals surface area (Å²) in [6.07, 6.45) is 1.40. The first-order valence-electron chi connectivity index (χ1n) is 9.91. The Bertz CT molecular complexity index is 1370. The molecule has 8 heteroatoms. The fourth-order valence-corrected chi connectivity index (χ4v) is 3.63. The summed E-state index contributed by atoms with van der Waals surface area (Å²) in [4.78, 5) is 17.3. The largest absolute Gasteiger partial charge is 0.484 e. The number of nitrogens with one attached hydrogen (secondary N) is 1. The van der Waals surface area contributed by atoms with Gasteiger partial charge in [-0.3, -0.25) is 4.79 Å². The standard InChI is InChI=1S/C24H20ClN5O2/c1-14-8-16(3)23-20(9-14)15(2)10-21(28-23)30-24(17(11-26)12-27-30)29-22(31)13-32-19-6-4-18(25)5-7-19/h4-10,12H,13H2,1-3H3,(H,29,31). The number of anilines is 1. The summed E-state index contributed by atoms with van der Waals surface area (Å²) in [7, 11) is 0. The minimum atomic E-state index is -0.428. The third kappa shape index (κ3) is 4.27. The number of hydrogen-bond donors (Lipinski definition) is 1. The number of nitriles is 1. The van der Waals surface area contributed by atoms with E-state index in [0.29, 0.717) is 16.6 Å². The van der Waals surface area contributed by atoms with Crippen LogP contribution in [-0.4, -0.2) is 27.3 Å². The van der Waals surface area contributed by atoms with Crippen LogP contribution in [0.1, 0.15) is 22.3 Å². The Morgan fingerprint density at radius 2 is 1.91 bits per heavy atom. The van der Waals surface area contributed by atoms with Crippen LogP contribution in [-0.2, 0) is 4.79 Å². The van der Waals surface area contributed by atoms with E-state index in [1.54, 1.807) is 24.3 Å². The van der Waals surface area contributed by atoms with E-state index in [4.69, 9.17) is 21.3 Å². The number of nitrogens with zero attached hydrogens (tertiary/aromatic N) is 4. The summed E-state index contributed by atoms with van der Waals surface area (Å²) in [5, 5.41) is 18.2. The second kappa shape index (κ2) is 8.69. The summed E-state index contributed by atoms with van der Waals surface area (Å²) in [5.74, 6) is 0.837. The van der Waals surface area contributed by atoms with Crippen molar-refractivity contribution in [2.24, 2.45) is 0 Å². The third-order valence-corrected chi connectivity index (χ3v) is 5.24. The molecule has 2 aromatic carbocycles. The molecule has 0 unspecified atom stereocenters. The van der Waals surface area contributed by atoms with Crippen LogP contribution in [0.15, 0.2) is 48.7 Å². The molecule has 2 aromatic heterocycles. The van der Waals surface area contributed by atoms with Crippen molar-refractivity contribution in [3.63, 3.8) is 0 Å². The molecule has 0 atom stereocenters. The number of pyridine rings is 1.